The number of carbonyl (C=O) groups is 1. The quantitative estimate of drug-likeness (QED) is 0.673. The molecule has 0 aliphatic carbocycles. The van der Waals surface area contributed by atoms with Crippen LogP contribution in [0.4, 0.5) is 22.4 Å². The number of aliphatic imine (C=N–C) groups is 1. The number of benzene rings is 1. The molecule has 8 heteroatoms. The van der Waals surface area contributed by atoms with Gasteiger partial charge in [-0.25, -0.2) is 9.18 Å². The Morgan fingerprint density at radius 1 is 1.43 bits per heavy atom. The van der Waals surface area contributed by atoms with Gasteiger partial charge in [0.25, 0.3) is 0 Å². The minimum absolute atomic E-state index is 0.00826. The third kappa shape index (κ3) is 2.67. The summed E-state index contributed by atoms with van der Waals surface area (Å²) in [5.74, 6) is 0.603. The maximum absolute atomic E-state index is 13.3. The molecular weight excluding hydrogens is 290 g/mol. The zero-order valence-corrected chi connectivity index (χ0v) is 10.5. The summed E-state index contributed by atoms with van der Waals surface area (Å²) in [7, 11) is 0. The Labute approximate surface area is 117 Å². The van der Waals surface area contributed by atoms with Crippen molar-refractivity contribution in [2.75, 3.05) is 6.54 Å². The average molecular weight is 299 g/mol. The number of nitrogens with zero attached hydrogens (tertiary/aromatic N) is 2. The van der Waals surface area contributed by atoms with Gasteiger partial charge in [0.1, 0.15) is 17.7 Å². The number of hydrogen-bond donors (Lipinski definition) is 1. The Morgan fingerprint density at radius 2 is 2.10 bits per heavy atom. The summed E-state index contributed by atoms with van der Waals surface area (Å²) >= 11 is 0. The summed E-state index contributed by atoms with van der Waals surface area (Å²) in [5.41, 5.74) is 4.12. The number of nitrogens with two attached hydrogens (primary N) is 1. The lowest BCUT2D eigenvalue weighted by Gasteiger charge is -2.23. The van der Waals surface area contributed by atoms with Gasteiger partial charge in [-0.2, -0.15) is 18.2 Å². The summed E-state index contributed by atoms with van der Waals surface area (Å²) in [4.78, 5) is 16.1. The monoisotopic (exact) mass is 299 g/mol. The van der Waals surface area contributed by atoms with Crippen molar-refractivity contribution in [3.05, 3.63) is 35.1 Å². The summed E-state index contributed by atoms with van der Waals surface area (Å²) in [6, 6.07) is 0.607. The van der Waals surface area contributed by atoms with Gasteiger partial charge in [0.2, 0.25) is 0 Å². The number of amidine groups is 1. The van der Waals surface area contributed by atoms with E-state index in [0.717, 1.165) is 11.0 Å². The maximum Gasteiger partial charge on any atom is 0.419 e. The number of urea groups is 1. The molecule has 2 N–H and O–H groups in total. The van der Waals surface area contributed by atoms with Crippen LogP contribution in [0, 0.1) is 18.2 Å². The van der Waals surface area contributed by atoms with Crippen LogP contribution in [0.5, 0.6) is 0 Å². The number of rotatable bonds is 2. The molecule has 0 fully saturated rings. The fourth-order valence-corrected chi connectivity index (χ4v) is 2.04. The van der Waals surface area contributed by atoms with Crippen LogP contribution in [0.15, 0.2) is 23.2 Å². The Bertz CT molecular complexity index is 660. The molecule has 1 atom stereocenters. The zero-order chi connectivity index (χ0) is 15.8. The van der Waals surface area contributed by atoms with Crippen LogP contribution in [0.2, 0.25) is 0 Å². The normalized spacial score (nSPS) is 18.6. The van der Waals surface area contributed by atoms with E-state index in [1.807, 2.05) is 0 Å². The van der Waals surface area contributed by atoms with E-state index < -0.39 is 29.6 Å². The first kappa shape index (κ1) is 14.8. The second kappa shape index (κ2) is 5.09. The Morgan fingerprint density at radius 3 is 2.67 bits per heavy atom. The molecule has 1 aliphatic rings. The van der Waals surface area contributed by atoms with E-state index in [9.17, 15) is 22.4 Å². The largest absolute Gasteiger partial charge is 0.419 e. The van der Waals surface area contributed by atoms with Crippen molar-refractivity contribution in [2.24, 2.45) is 10.7 Å². The van der Waals surface area contributed by atoms with Crippen molar-refractivity contribution in [3.8, 4) is 12.3 Å². The third-order valence-corrected chi connectivity index (χ3v) is 2.94. The summed E-state index contributed by atoms with van der Waals surface area (Å²) in [6.07, 6.45) is 0.248. The van der Waals surface area contributed by atoms with Crippen molar-refractivity contribution in [1.29, 1.82) is 0 Å². The molecule has 0 saturated heterocycles. The van der Waals surface area contributed by atoms with E-state index in [1.54, 1.807) is 0 Å². The number of hydrogen-bond acceptors (Lipinski definition) is 2. The summed E-state index contributed by atoms with van der Waals surface area (Å²) in [6.45, 7) is -0.174. The minimum atomic E-state index is -4.86. The Kier molecular flexibility index (Phi) is 3.60. The van der Waals surface area contributed by atoms with E-state index in [-0.39, 0.29) is 17.9 Å². The highest BCUT2D eigenvalue weighted by Gasteiger charge is 2.38. The standard InChI is InChI=1S/C13H9F4N3O/c1-2-5-20-10(11(18)19-12(20)21)7-3-4-9(14)8(6-7)13(15,16)17/h1,3-4,6,10H,5H2,(H2,18,19,21). The topological polar surface area (TPSA) is 58.7 Å². The van der Waals surface area contributed by atoms with E-state index >= 15 is 0 Å². The molecule has 2 rings (SSSR count). The van der Waals surface area contributed by atoms with E-state index in [2.05, 4.69) is 10.9 Å². The lowest BCUT2D eigenvalue weighted by atomic mass is 10.0. The summed E-state index contributed by atoms with van der Waals surface area (Å²) in [5, 5.41) is 0. The van der Waals surface area contributed by atoms with Gasteiger partial charge in [0.15, 0.2) is 0 Å². The van der Waals surface area contributed by atoms with Crippen LogP contribution >= 0.6 is 0 Å². The Balaban J connectivity index is 2.49. The number of halogens is 4. The molecule has 0 radical (unpaired) electrons. The van der Waals surface area contributed by atoms with Gasteiger partial charge in [-0.15, -0.1) is 6.42 Å². The molecule has 110 valence electrons. The van der Waals surface area contributed by atoms with Gasteiger partial charge >= 0.3 is 12.2 Å². The van der Waals surface area contributed by atoms with Crippen LogP contribution in [-0.4, -0.2) is 23.3 Å². The molecule has 0 bridgehead atoms. The molecule has 0 saturated carbocycles. The molecule has 0 aromatic heterocycles. The van der Waals surface area contributed by atoms with Crippen LogP contribution in [-0.2, 0) is 6.18 Å². The van der Waals surface area contributed by atoms with Crippen molar-refractivity contribution in [1.82, 2.24) is 4.90 Å². The van der Waals surface area contributed by atoms with Gasteiger partial charge in [-0.3, -0.25) is 4.90 Å². The fourth-order valence-electron chi connectivity index (χ4n) is 2.04. The van der Waals surface area contributed by atoms with Gasteiger partial charge in [-0.05, 0) is 17.7 Å². The molecule has 2 amide bonds. The highest BCUT2D eigenvalue weighted by molar-refractivity contribution is 6.03. The van der Waals surface area contributed by atoms with Crippen molar-refractivity contribution < 1.29 is 22.4 Å². The SMILES string of the molecule is C#CCN1C(=O)N=C(N)C1c1ccc(F)c(C(F)(F)F)c1. The van der Waals surface area contributed by atoms with Crippen LogP contribution in [0.3, 0.4) is 0 Å². The predicted octanol–water partition coefficient (Wildman–Crippen LogP) is 2.31. The molecule has 4 nitrogen and oxygen atoms in total. The number of carbonyl (C=O) groups excluding carboxylic acids is 1. The van der Waals surface area contributed by atoms with Crippen LogP contribution < -0.4 is 5.73 Å². The first-order chi connectivity index (χ1) is 9.75. The first-order valence-corrected chi connectivity index (χ1v) is 5.70. The van der Waals surface area contributed by atoms with E-state index in [0.29, 0.717) is 12.1 Å². The van der Waals surface area contributed by atoms with Gasteiger partial charge in [0.05, 0.1) is 12.1 Å². The van der Waals surface area contributed by atoms with E-state index in [4.69, 9.17) is 12.2 Å². The number of alkyl halides is 3. The Hall–Kier alpha value is -2.56. The summed E-state index contributed by atoms with van der Waals surface area (Å²) < 4.78 is 51.4. The smallest absolute Gasteiger partial charge is 0.385 e. The molecule has 1 aliphatic heterocycles. The van der Waals surface area contributed by atoms with Crippen molar-refractivity contribution in [2.45, 2.75) is 12.2 Å². The van der Waals surface area contributed by atoms with Crippen LogP contribution in [0.1, 0.15) is 17.2 Å². The fraction of sp³-hybridized carbons (Fsp3) is 0.231. The third-order valence-electron chi connectivity index (χ3n) is 2.94. The molecule has 1 heterocycles. The molecular formula is C13H9F4N3O. The van der Waals surface area contributed by atoms with E-state index in [1.165, 1.54) is 0 Å². The van der Waals surface area contributed by atoms with Gasteiger partial charge in [0, 0.05) is 0 Å². The zero-order valence-electron chi connectivity index (χ0n) is 10.5. The predicted molar refractivity (Wildman–Crippen MR) is 66.7 cm³/mol. The molecule has 0 spiro atoms. The molecule has 21 heavy (non-hydrogen) atoms. The molecule has 1 aromatic carbocycles. The minimum Gasteiger partial charge on any atom is -0.385 e. The molecule has 1 unspecified atom stereocenters. The van der Waals surface area contributed by atoms with Gasteiger partial charge in [-0.1, -0.05) is 12.0 Å². The average Bonchev–Trinajstić information content (AvgIpc) is 2.64. The maximum atomic E-state index is 13.3. The van der Waals surface area contributed by atoms with Gasteiger partial charge < -0.3 is 5.73 Å². The van der Waals surface area contributed by atoms with Crippen molar-refractivity contribution in [3.63, 3.8) is 0 Å². The lowest BCUT2D eigenvalue weighted by molar-refractivity contribution is -0.140. The molecule has 1 aromatic rings. The number of amides is 2. The number of terminal acetylenes is 1. The second-order valence-corrected chi connectivity index (χ2v) is 4.29. The van der Waals surface area contributed by atoms with Crippen LogP contribution in [0.25, 0.3) is 0 Å². The highest BCUT2D eigenvalue weighted by Crippen LogP contribution is 2.35. The first-order valence-electron chi connectivity index (χ1n) is 5.70. The lowest BCUT2D eigenvalue weighted by Crippen LogP contribution is -2.33. The van der Waals surface area contributed by atoms with Crippen molar-refractivity contribution >= 4 is 11.9 Å². The second-order valence-electron chi connectivity index (χ2n) is 4.29. The highest BCUT2D eigenvalue weighted by atomic mass is 19.4.